The first-order valence-electron chi connectivity index (χ1n) is 11.1. The first kappa shape index (κ1) is 24.7. The molecule has 35 heavy (non-hydrogen) atoms. The lowest BCUT2D eigenvalue weighted by Gasteiger charge is -2.24. The number of sulfonamides is 2. The van der Waals surface area contributed by atoms with Crippen LogP contribution >= 0.6 is 0 Å². The number of hydrogen-bond donors (Lipinski definition) is 1. The van der Waals surface area contributed by atoms with Crippen LogP contribution in [0.2, 0.25) is 0 Å². The van der Waals surface area contributed by atoms with E-state index in [1.165, 1.54) is 4.41 Å². The number of rotatable bonds is 8. The van der Waals surface area contributed by atoms with Gasteiger partial charge in [0.2, 0.25) is 10.0 Å². The third-order valence-electron chi connectivity index (χ3n) is 5.86. The van der Waals surface area contributed by atoms with E-state index in [0.29, 0.717) is 34.7 Å². The van der Waals surface area contributed by atoms with E-state index in [0.717, 1.165) is 5.56 Å². The molecular formula is C25H27N3O5S2. The summed E-state index contributed by atoms with van der Waals surface area (Å²) in [5.74, 6) is 0.641. The summed E-state index contributed by atoms with van der Waals surface area (Å²) in [5, 5.41) is 4.56. The highest BCUT2D eigenvalue weighted by Gasteiger charge is 2.38. The molecule has 0 aliphatic carbocycles. The van der Waals surface area contributed by atoms with E-state index >= 15 is 0 Å². The van der Waals surface area contributed by atoms with Gasteiger partial charge in [-0.15, -0.1) is 0 Å². The minimum absolute atomic E-state index is 0.0310. The van der Waals surface area contributed by atoms with Gasteiger partial charge in [-0.2, -0.15) is 17.9 Å². The lowest BCUT2D eigenvalue weighted by atomic mass is 9.99. The largest absolute Gasteiger partial charge is 0.497 e. The van der Waals surface area contributed by atoms with Crippen molar-refractivity contribution in [2.75, 3.05) is 17.6 Å². The van der Waals surface area contributed by atoms with Crippen molar-refractivity contribution >= 4 is 31.4 Å². The van der Waals surface area contributed by atoms with E-state index in [4.69, 9.17) is 4.74 Å². The molecule has 0 radical (unpaired) electrons. The first-order valence-corrected chi connectivity index (χ1v) is 14.2. The fourth-order valence-corrected chi connectivity index (χ4v) is 6.19. The monoisotopic (exact) mass is 513 g/mol. The third-order valence-corrected chi connectivity index (χ3v) is 9.01. The maximum absolute atomic E-state index is 13.7. The Labute approximate surface area is 206 Å². The average molecular weight is 514 g/mol. The predicted molar refractivity (Wildman–Crippen MR) is 137 cm³/mol. The molecule has 1 N–H and O–H groups in total. The molecule has 0 spiro atoms. The van der Waals surface area contributed by atoms with Gasteiger partial charge in [-0.25, -0.2) is 8.42 Å². The second kappa shape index (κ2) is 9.71. The minimum Gasteiger partial charge on any atom is -0.497 e. The zero-order valence-electron chi connectivity index (χ0n) is 19.7. The van der Waals surface area contributed by atoms with Crippen molar-refractivity contribution in [2.45, 2.75) is 31.2 Å². The summed E-state index contributed by atoms with van der Waals surface area (Å²) in [5.41, 5.74) is 3.16. The molecule has 0 unspecified atom stereocenters. The molecule has 8 nitrogen and oxygen atoms in total. The Kier molecular flexibility index (Phi) is 6.86. The van der Waals surface area contributed by atoms with Gasteiger partial charge >= 0.3 is 0 Å². The topological polar surface area (TPSA) is 105 Å². The van der Waals surface area contributed by atoms with Gasteiger partial charge in [0, 0.05) is 12.1 Å². The van der Waals surface area contributed by atoms with E-state index in [2.05, 4.69) is 9.82 Å². The zero-order chi connectivity index (χ0) is 25.2. The molecule has 184 valence electrons. The van der Waals surface area contributed by atoms with E-state index in [1.54, 1.807) is 81.6 Å². The number of aryl methyl sites for hydroxylation is 1. The fourth-order valence-electron chi connectivity index (χ4n) is 3.89. The summed E-state index contributed by atoms with van der Waals surface area (Å²) in [4.78, 5) is 0.202. The van der Waals surface area contributed by atoms with Gasteiger partial charge in [0.15, 0.2) is 0 Å². The van der Waals surface area contributed by atoms with Gasteiger partial charge in [-0.1, -0.05) is 42.5 Å². The standard InChI is InChI=1S/C25H27N3O5S2/c1-4-34(29,30)27-21-13-9-19(10-14-21)23-17-24(20-11-15-22(33-3)16-12-20)28(26-23)35(31,32)25-8-6-5-7-18(25)2/h5-16,24,27H,4,17H2,1-3H3/t24-/m0/s1. The van der Waals surface area contributed by atoms with Crippen LogP contribution in [0, 0.1) is 6.92 Å². The van der Waals surface area contributed by atoms with Gasteiger partial charge in [-0.3, -0.25) is 4.72 Å². The van der Waals surface area contributed by atoms with Crippen LogP contribution < -0.4 is 9.46 Å². The van der Waals surface area contributed by atoms with E-state index < -0.39 is 26.1 Å². The molecule has 1 heterocycles. The Bertz CT molecular complexity index is 1450. The first-order chi connectivity index (χ1) is 16.6. The fraction of sp³-hybridized carbons (Fsp3) is 0.240. The Morgan fingerprint density at radius 2 is 1.63 bits per heavy atom. The Morgan fingerprint density at radius 1 is 0.971 bits per heavy atom. The molecule has 0 saturated carbocycles. The summed E-state index contributed by atoms with van der Waals surface area (Å²) in [6, 6.07) is 20.3. The number of hydrogen-bond acceptors (Lipinski definition) is 6. The zero-order valence-corrected chi connectivity index (χ0v) is 21.3. The van der Waals surface area contributed by atoms with Crippen molar-refractivity contribution in [3.63, 3.8) is 0 Å². The predicted octanol–water partition coefficient (Wildman–Crippen LogP) is 4.31. The summed E-state index contributed by atoms with van der Waals surface area (Å²) in [6.45, 7) is 3.32. The van der Waals surface area contributed by atoms with Gasteiger partial charge < -0.3 is 4.74 Å². The maximum Gasteiger partial charge on any atom is 0.279 e. The van der Waals surface area contributed by atoms with Crippen molar-refractivity contribution in [2.24, 2.45) is 5.10 Å². The smallest absolute Gasteiger partial charge is 0.279 e. The molecule has 0 amide bonds. The SMILES string of the molecule is CCS(=O)(=O)Nc1ccc(C2=NN(S(=O)(=O)c3ccccc3C)[C@H](c3ccc(OC)cc3)C2)cc1. The minimum atomic E-state index is -3.94. The molecule has 0 fully saturated rings. The number of anilines is 1. The van der Waals surface area contributed by atoms with Gasteiger partial charge in [0.1, 0.15) is 5.75 Å². The van der Waals surface area contributed by atoms with Gasteiger partial charge in [-0.05, 0) is 60.9 Å². The van der Waals surface area contributed by atoms with E-state index in [9.17, 15) is 16.8 Å². The lowest BCUT2D eigenvalue weighted by Crippen LogP contribution is -2.27. The van der Waals surface area contributed by atoms with Gasteiger partial charge in [0.25, 0.3) is 10.0 Å². The molecule has 0 saturated heterocycles. The van der Waals surface area contributed by atoms with E-state index in [1.807, 2.05) is 12.1 Å². The molecular weight excluding hydrogens is 486 g/mol. The van der Waals surface area contributed by atoms with Gasteiger partial charge in [0.05, 0.1) is 29.5 Å². The van der Waals surface area contributed by atoms with E-state index in [-0.39, 0.29) is 10.6 Å². The molecule has 1 aliphatic rings. The van der Waals surface area contributed by atoms with Crippen LogP contribution in [0.4, 0.5) is 5.69 Å². The normalized spacial score (nSPS) is 16.1. The molecule has 10 heteroatoms. The lowest BCUT2D eigenvalue weighted by molar-refractivity contribution is 0.370. The molecule has 3 aromatic carbocycles. The quantitative estimate of drug-likeness (QED) is 0.483. The Morgan fingerprint density at radius 3 is 2.23 bits per heavy atom. The molecule has 4 rings (SSSR count). The second-order valence-corrected chi connectivity index (χ2v) is 11.9. The molecule has 3 aromatic rings. The van der Waals surface area contributed by atoms with Crippen LogP contribution in [0.3, 0.4) is 0 Å². The number of nitrogens with one attached hydrogen (secondary N) is 1. The number of benzene rings is 3. The second-order valence-electron chi connectivity index (χ2n) is 8.17. The number of nitrogens with zero attached hydrogens (tertiary/aromatic N) is 2. The highest BCUT2D eigenvalue weighted by Crippen LogP contribution is 2.38. The van der Waals surface area contributed by atoms with Crippen molar-refractivity contribution in [1.82, 2.24) is 4.41 Å². The molecule has 1 atom stereocenters. The van der Waals surface area contributed by atoms with Crippen LogP contribution in [0.5, 0.6) is 5.75 Å². The average Bonchev–Trinajstić information content (AvgIpc) is 3.31. The van der Waals surface area contributed by atoms with Crippen molar-refractivity contribution in [3.05, 3.63) is 89.5 Å². The Balaban J connectivity index is 1.73. The van der Waals surface area contributed by atoms with Crippen LogP contribution in [0.1, 0.15) is 36.1 Å². The highest BCUT2D eigenvalue weighted by atomic mass is 32.2. The maximum atomic E-state index is 13.7. The highest BCUT2D eigenvalue weighted by molar-refractivity contribution is 7.92. The number of methoxy groups -OCH3 is 1. The summed E-state index contributed by atoms with van der Waals surface area (Å²) < 4.78 is 60.0. The van der Waals surface area contributed by atoms with Crippen molar-refractivity contribution in [3.8, 4) is 5.75 Å². The summed E-state index contributed by atoms with van der Waals surface area (Å²) in [7, 11) is -5.76. The van der Waals surface area contributed by atoms with Crippen molar-refractivity contribution < 1.29 is 21.6 Å². The van der Waals surface area contributed by atoms with Crippen LogP contribution in [-0.4, -0.2) is 39.8 Å². The summed E-state index contributed by atoms with van der Waals surface area (Å²) in [6.07, 6.45) is 0.359. The molecule has 0 aromatic heterocycles. The Hall–Kier alpha value is -3.37. The van der Waals surface area contributed by atoms with Crippen LogP contribution in [0.15, 0.2) is 82.8 Å². The third kappa shape index (κ3) is 5.18. The van der Waals surface area contributed by atoms with Crippen LogP contribution in [0.25, 0.3) is 0 Å². The number of ether oxygens (including phenoxy) is 1. The van der Waals surface area contributed by atoms with Crippen LogP contribution in [-0.2, 0) is 20.0 Å². The van der Waals surface area contributed by atoms with Crippen molar-refractivity contribution in [1.29, 1.82) is 0 Å². The number of hydrazone groups is 1. The molecule has 0 bridgehead atoms. The summed E-state index contributed by atoms with van der Waals surface area (Å²) >= 11 is 0. The molecule has 1 aliphatic heterocycles.